The molecule has 0 fully saturated rings. The molecule has 2 rings (SSSR count). The maximum atomic E-state index is 10.8. The van der Waals surface area contributed by atoms with Crippen LogP contribution in [0.5, 0.6) is 0 Å². The molecule has 0 radical (unpaired) electrons. The Bertz CT molecular complexity index is 576. The molecule has 0 saturated heterocycles. The number of hydrogen-bond donors (Lipinski definition) is 2. The summed E-state index contributed by atoms with van der Waals surface area (Å²) in [5.41, 5.74) is 3.70. The molecule has 19 heavy (non-hydrogen) atoms. The Morgan fingerprint density at radius 3 is 2.32 bits per heavy atom. The molecule has 3 nitrogen and oxygen atoms in total. The normalized spacial score (nSPS) is 11.9. The van der Waals surface area contributed by atoms with Crippen LogP contribution in [0.25, 0.3) is 0 Å². The zero-order valence-electron chi connectivity index (χ0n) is 11.1. The number of carboxylic acids is 1. The second-order valence-electron chi connectivity index (χ2n) is 4.61. The Morgan fingerprint density at radius 1 is 1.11 bits per heavy atom. The quantitative estimate of drug-likeness (QED) is 0.872. The molecule has 98 valence electrons. The standard InChI is InChI=1S/C16H17NO2/c1-11-5-3-4-6-15(11)12(2)17-14-9-7-13(8-10-14)16(18)19/h3-10,12,17H,1-2H3,(H,18,19). The lowest BCUT2D eigenvalue weighted by atomic mass is 10.0. The SMILES string of the molecule is Cc1ccccc1C(C)Nc1ccc(C(=O)O)cc1. The Kier molecular flexibility index (Phi) is 3.85. The zero-order valence-corrected chi connectivity index (χ0v) is 11.1. The number of aryl methyl sites for hydroxylation is 1. The first kappa shape index (κ1) is 13.1. The van der Waals surface area contributed by atoms with Gasteiger partial charge in [-0.2, -0.15) is 0 Å². The number of anilines is 1. The van der Waals surface area contributed by atoms with Crippen LogP contribution in [-0.2, 0) is 0 Å². The second-order valence-corrected chi connectivity index (χ2v) is 4.61. The van der Waals surface area contributed by atoms with Gasteiger partial charge in [-0.1, -0.05) is 24.3 Å². The van der Waals surface area contributed by atoms with E-state index in [2.05, 4.69) is 31.3 Å². The molecule has 2 N–H and O–H groups in total. The van der Waals surface area contributed by atoms with E-state index in [0.717, 1.165) is 5.69 Å². The van der Waals surface area contributed by atoms with Gasteiger partial charge < -0.3 is 10.4 Å². The van der Waals surface area contributed by atoms with Crippen LogP contribution in [0.4, 0.5) is 5.69 Å². The maximum Gasteiger partial charge on any atom is 0.335 e. The number of nitrogens with one attached hydrogen (secondary N) is 1. The first-order valence-electron chi connectivity index (χ1n) is 6.23. The topological polar surface area (TPSA) is 49.3 Å². The summed E-state index contributed by atoms with van der Waals surface area (Å²) >= 11 is 0. The van der Waals surface area contributed by atoms with Gasteiger partial charge in [0.05, 0.1) is 5.56 Å². The highest BCUT2D eigenvalue weighted by molar-refractivity contribution is 5.88. The van der Waals surface area contributed by atoms with Crippen molar-refractivity contribution in [1.29, 1.82) is 0 Å². The van der Waals surface area contributed by atoms with Crippen molar-refractivity contribution in [2.75, 3.05) is 5.32 Å². The molecule has 0 aromatic heterocycles. The van der Waals surface area contributed by atoms with E-state index in [1.807, 2.05) is 12.1 Å². The molecule has 0 aliphatic carbocycles. The average Bonchev–Trinajstić information content (AvgIpc) is 2.39. The van der Waals surface area contributed by atoms with Crippen molar-refractivity contribution in [3.05, 3.63) is 65.2 Å². The van der Waals surface area contributed by atoms with Crippen molar-refractivity contribution >= 4 is 11.7 Å². The highest BCUT2D eigenvalue weighted by atomic mass is 16.4. The number of carbonyl (C=O) groups is 1. The molecular weight excluding hydrogens is 238 g/mol. The molecule has 0 heterocycles. The summed E-state index contributed by atoms with van der Waals surface area (Å²) in [6.45, 7) is 4.18. The van der Waals surface area contributed by atoms with Gasteiger partial charge in [-0.3, -0.25) is 0 Å². The average molecular weight is 255 g/mol. The maximum absolute atomic E-state index is 10.8. The number of aromatic carboxylic acids is 1. The Hall–Kier alpha value is -2.29. The summed E-state index contributed by atoms with van der Waals surface area (Å²) in [6, 6.07) is 15.2. The van der Waals surface area contributed by atoms with Crippen LogP contribution in [0.2, 0.25) is 0 Å². The van der Waals surface area contributed by atoms with E-state index in [-0.39, 0.29) is 6.04 Å². The van der Waals surface area contributed by atoms with Crippen molar-refractivity contribution in [3.8, 4) is 0 Å². The van der Waals surface area contributed by atoms with E-state index >= 15 is 0 Å². The molecule has 2 aromatic carbocycles. The minimum Gasteiger partial charge on any atom is -0.478 e. The third-order valence-corrected chi connectivity index (χ3v) is 3.17. The summed E-state index contributed by atoms with van der Waals surface area (Å²) in [5.74, 6) is -0.904. The molecule has 0 aliphatic rings. The molecule has 0 bridgehead atoms. The number of carboxylic acid groups (broad SMARTS) is 1. The van der Waals surface area contributed by atoms with Gasteiger partial charge in [0.2, 0.25) is 0 Å². The van der Waals surface area contributed by atoms with Crippen LogP contribution >= 0.6 is 0 Å². The highest BCUT2D eigenvalue weighted by Crippen LogP contribution is 2.22. The predicted octanol–water partition coefficient (Wildman–Crippen LogP) is 3.87. The fourth-order valence-corrected chi connectivity index (χ4v) is 2.11. The van der Waals surface area contributed by atoms with Crippen LogP contribution in [0, 0.1) is 6.92 Å². The number of rotatable bonds is 4. The molecule has 0 spiro atoms. The smallest absolute Gasteiger partial charge is 0.335 e. The van der Waals surface area contributed by atoms with Crippen LogP contribution in [0.15, 0.2) is 48.5 Å². The van der Waals surface area contributed by atoms with Gasteiger partial charge >= 0.3 is 5.97 Å². The monoisotopic (exact) mass is 255 g/mol. The van der Waals surface area contributed by atoms with Crippen molar-refractivity contribution in [3.63, 3.8) is 0 Å². The van der Waals surface area contributed by atoms with E-state index in [4.69, 9.17) is 5.11 Å². The zero-order chi connectivity index (χ0) is 13.8. The predicted molar refractivity (Wildman–Crippen MR) is 76.6 cm³/mol. The minimum atomic E-state index is -0.904. The van der Waals surface area contributed by atoms with Gasteiger partial charge in [-0.05, 0) is 49.2 Å². The molecule has 1 unspecified atom stereocenters. The fraction of sp³-hybridized carbons (Fsp3) is 0.188. The first-order valence-corrected chi connectivity index (χ1v) is 6.23. The molecule has 3 heteroatoms. The number of hydrogen-bond acceptors (Lipinski definition) is 2. The lowest BCUT2D eigenvalue weighted by Crippen LogP contribution is -2.08. The summed E-state index contributed by atoms with van der Waals surface area (Å²) in [4.78, 5) is 10.8. The number of benzene rings is 2. The van der Waals surface area contributed by atoms with Crippen molar-refractivity contribution in [1.82, 2.24) is 0 Å². The van der Waals surface area contributed by atoms with Crippen LogP contribution in [0.1, 0.15) is 34.5 Å². The molecule has 1 atom stereocenters. The van der Waals surface area contributed by atoms with Gasteiger partial charge in [-0.25, -0.2) is 4.79 Å². The largest absolute Gasteiger partial charge is 0.478 e. The van der Waals surface area contributed by atoms with Gasteiger partial charge in [-0.15, -0.1) is 0 Å². The van der Waals surface area contributed by atoms with E-state index in [1.54, 1.807) is 24.3 Å². The van der Waals surface area contributed by atoms with Crippen LogP contribution in [-0.4, -0.2) is 11.1 Å². The lowest BCUT2D eigenvalue weighted by molar-refractivity contribution is 0.0697. The molecule has 0 saturated carbocycles. The summed E-state index contributed by atoms with van der Waals surface area (Å²) in [5, 5.41) is 12.2. The van der Waals surface area contributed by atoms with Gasteiger partial charge in [0, 0.05) is 11.7 Å². The van der Waals surface area contributed by atoms with Gasteiger partial charge in [0.15, 0.2) is 0 Å². The first-order chi connectivity index (χ1) is 9.08. The third kappa shape index (κ3) is 3.13. The van der Waals surface area contributed by atoms with E-state index in [9.17, 15) is 4.79 Å². The Morgan fingerprint density at radius 2 is 1.74 bits per heavy atom. The Labute approximate surface area is 112 Å². The van der Waals surface area contributed by atoms with Crippen molar-refractivity contribution < 1.29 is 9.90 Å². The molecule has 0 amide bonds. The van der Waals surface area contributed by atoms with E-state index in [0.29, 0.717) is 5.56 Å². The van der Waals surface area contributed by atoms with E-state index in [1.165, 1.54) is 11.1 Å². The molecular formula is C16H17NO2. The van der Waals surface area contributed by atoms with E-state index < -0.39 is 5.97 Å². The van der Waals surface area contributed by atoms with Crippen LogP contribution in [0.3, 0.4) is 0 Å². The summed E-state index contributed by atoms with van der Waals surface area (Å²) in [7, 11) is 0. The Balaban J connectivity index is 2.13. The van der Waals surface area contributed by atoms with Crippen molar-refractivity contribution in [2.24, 2.45) is 0 Å². The fourth-order valence-electron chi connectivity index (χ4n) is 2.11. The molecule has 2 aromatic rings. The van der Waals surface area contributed by atoms with Crippen LogP contribution < -0.4 is 5.32 Å². The third-order valence-electron chi connectivity index (χ3n) is 3.17. The second kappa shape index (κ2) is 5.57. The van der Waals surface area contributed by atoms with Crippen molar-refractivity contribution in [2.45, 2.75) is 19.9 Å². The lowest BCUT2D eigenvalue weighted by Gasteiger charge is -2.17. The minimum absolute atomic E-state index is 0.178. The van der Waals surface area contributed by atoms with Gasteiger partial charge in [0.25, 0.3) is 0 Å². The highest BCUT2D eigenvalue weighted by Gasteiger charge is 2.08. The summed E-state index contributed by atoms with van der Waals surface area (Å²) < 4.78 is 0. The molecule has 0 aliphatic heterocycles. The van der Waals surface area contributed by atoms with Gasteiger partial charge in [0.1, 0.15) is 0 Å². The summed E-state index contributed by atoms with van der Waals surface area (Å²) in [6.07, 6.45) is 0.